The van der Waals surface area contributed by atoms with Gasteiger partial charge >= 0.3 is 6.18 Å². The van der Waals surface area contributed by atoms with Gasteiger partial charge in [-0.25, -0.2) is 0 Å². The average Bonchev–Trinajstić information content (AvgIpc) is 2.30. The molecule has 0 fully saturated rings. The molecule has 0 radical (unpaired) electrons. The van der Waals surface area contributed by atoms with Crippen molar-refractivity contribution in [2.45, 2.75) is 18.8 Å². The molecule has 6 heteroatoms. The maximum Gasteiger partial charge on any atom is 0.418 e. The van der Waals surface area contributed by atoms with E-state index >= 15 is 0 Å². The van der Waals surface area contributed by atoms with Crippen molar-refractivity contribution >= 4 is 0 Å². The number of methoxy groups -OCH3 is 1. The molecule has 0 aliphatic heterocycles. The Balaban J connectivity index is 2.69. The third-order valence-corrected chi connectivity index (χ3v) is 2.43. The Morgan fingerprint density at radius 1 is 1.28 bits per heavy atom. The van der Waals surface area contributed by atoms with Gasteiger partial charge < -0.3 is 15.2 Å². The lowest BCUT2D eigenvalue weighted by Gasteiger charge is -2.19. The van der Waals surface area contributed by atoms with E-state index in [9.17, 15) is 13.2 Å². The van der Waals surface area contributed by atoms with Gasteiger partial charge in [0.2, 0.25) is 0 Å². The molecule has 1 atom stereocenters. The molecular weight excluding hydrogens is 247 g/mol. The number of ether oxygens (including phenoxy) is 1. The van der Waals surface area contributed by atoms with E-state index in [1.807, 2.05) is 0 Å². The number of halogens is 3. The summed E-state index contributed by atoms with van der Waals surface area (Å²) >= 11 is 0. The number of rotatable bonds is 6. The van der Waals surface area contributed by atoms with Crippen molar-refractivity contribution in [3.05, 3.63) is 35.4 Å². The lowest BCUT2D eigenvalue weighted by molar-refractivity contribution is -0.215. The number of hydrogen-bond donors (Lipinski definition) is 2. The van der Waals surface area contributed by atoms with Crippen LogP contribution in [0.5, 0.6) is 0 Å². The Morgan fingerprint density at radius 2 is 1.89 bits per heavy atom. The second kappa shape index (κ2) is 6.72. The van der Waals surface area contributed by atoms with Crippen LogP contribution in [-0.4, -0.2) is 31.5 Å². The summed E-state index contributed by atoms with van der Waals surface area (Å²) in [5.41, 5.74) is 0.931. The highest BCUT2D eigenvalue weighted by Gasteiger charge is 2.40. The normalized spacial score (nSPS) is 13.6. The summed E-state index contributed by atoms with van der Waals surface area (Å²) in [6, 6.07) is 6.02. The first kappa shape index (κ1) is 14.9. The Morgan fingerprint density at radius 3 is 2.33 bits per heavy atom. The van der Waals surface area contributed by atoms with Gasteiger partial charge in [0.15, 0.2) is 6.10 Å². The van der Waals surface area contributed by atoms with Gasteiger partial charge in [-0.05, 0) is 11.1 Å². The van der Waals surface area contributed by atoms with Crippen molar-refractivity contribution in [3.8, 4) is 0 Å². The van der Waals surface area contributed by atoms with Crippen molar-refractivity contribution in [2.24, 2.45) is 0 Å². The monoisotopic (exact) mass is 263 g/mol. The minimum Gasteiger partial charge on any atom is -0.395 e. The Hall–Kier alpha value is -1.11. The van der Waals surface area contributed by atoms with Gasteiger partial charge in [-0.3, -0.25) is 0 Å². The second-order valence-corrected chi connectivity index (χ2v) is 3.80. The number of hydrogen-bond acceptors (Lipinski definition) is 3. The fourth-order valence-corrected chi connectivity index (χ4v) is 1.58. The molecule has 0 heterocycles. The molecule has 0 aliphatic carbocycles. The fraction of sp³-hybridized carbons (Fsp3) is 0.500. The van der Waals surface area contributed by atoms with Crippen LogP contribution in [0, 0.1) is 0 Å². The molecule has 18 heavy (non-hydrogen) atoms. The van der Waals surface area contributed by atoms with E-state index in [0.29, 0.717) is 13.1 Å². The Bertz CT molecular complexity index is 351. The van der Waals surface area contributed by atoms with Crippen LogP contribution in [0.25, 0.3) is 0 Å². The van der Waals surface area contributed by atoms with E-state index in [2.05, 4.69) is 10.1 Å². The predicted molar refractivity (Wildman–Crippen MR) is 61.0 cm³/mol. The van der Waals surface area contributed by atoms with Crippen LogP contribution >= 0.6 is 0 Å². The van der Waals surface area contributed by atoms with Crippen LogP contribution in [-0.2, 0) is 11.3 Å². The van der Waals surface area contributed by atoms with E-state index in [1.54, 1.807) is 12.1 Å². The van der Waals surface area contributed by atoms with Crippen molar-refractivity contribution in [1.82, 2.24) is 5.32 Å². The highest BCUT2D eigenvalue weighted by Crippen LogP contribution is 2.35. The first-order valence-electron chi connectivity index (χ1n) is 5.49. The molecule has 0 aliphatic rings. The summed E-state index contributed by atoms with van der Waals surface area (Å²) in [5.74, 6) is 0. The number of nitrogens with one attached hydrogen (secondary N) is 1. The third kappa shape index (κ3) is 4.29. The van der Waals surface area contributed by atoms with Gasteiger partial charge in [0.1, 0.15) is 0 Å². The van der Waals surface area contributed by atoms with Gasteiger partial charge in [-0.15, -0.1) is 0 Å². The fourth-order valence-electron chi connectivity index (χ4n) is 1.58. The zero-order chi connectivity index (χ0) is 13.6. The van der Waals surface area contributed by atoms with Crippen LogP contribution < -0.4 is 5.32 Å². The third-order valence-electron chi connectivity index (χ3n) is 2.43. The largest absolute Gasteiger partial charge is 0.418 e. The van der Waals surface area contributed by atoms with Crippen molar-refractivity contribution in [1.29, 1.82) is 0 Å². The van der Waals surface area contributed by atoms with Crippen LogP contribution in [0.2, 0.25) is 0 Å². The summed E-state index contributed by atoms with van der Waals surface area (Å²) in [4.78, 5) is 0. The average molecular weight is 263 g/mol. The minimum absolute atomic E-state index is 0.0257. The molecule has 1 aromatic rings. The van der Waals surface area contributed by atoms with Crippen LogP contribution in [0.15, 0.2) is 24.3 Å². The molecule has 1 unspecified atom stereocenters. The molecule has 3 nitrogen and oxygen atoms in total. The van der Waals surface area contributed by atoms with Crippen molar-refractivity contribution < 1.29 is 23.0 Å². The summed E-state index contributed by atoms with van der Waals surface area (Å²) in [5, 5.41) is 11.5. The Kier molecular flexibility index (Phi) is 5.58. The highest BCUT2D eigenvalue weighted by atomic mass is 19.4. The van der Waals surface area contributed by atoms with E-state index < -0.39 is 12.3 Å². The first-order valence-corrected chi connectivity index (χ1v) is 5.49. The molecule has 0 saturated heterocycles. The van der Waals surface area contributed by atoms with E-state index in [4.69, 9.17) is 5.11 Å². The van der Waals surface area contributed by atoms with Crippen LogP contribution in [0.1, 0.15) is 17.2 Å². The molecule has 0 bridgehead atoms. The number of alkyl halides is 3. The Labute approximate surface area is 104 Å². The SMILES string of the molecule is COC(c1ccc(CNCCO)cc1)C(F)(F)F. The molecule has 0 aromatic heterocycles. The standard InChI is InChI=1S/C12H16F3NO2/c1-18-11(12(13,14)15)10-4-2-9(3-5-10)8-16-6-7-17/h2-5,11,16-17H,6-8H2,1H3. The van der Waals surface area contributed by atoms with E-state index in [-0.39, 0.29) is 12.2 Å². The maximum atomic E-state index is 12.6. The molecule has 2 N–H and O–H groups in total. The molecule has 0 amide bonds. The summed E-state index contributed by atoms with van der Waals surface area (Å²) < 4.78 is 42.2. The summed E-state index contributed by atoms with van der Waals surface area (Å²) in [7, 11) is 1.04. The molecule has 0 saturated carbocycles. The van der Waals surface area contributed by atoms with Gasteiger partial charge in [-0.2, -0.15) is 13.2 Å². The quantitative estimate of drug-likeness (QED) is 0.771. The maximum absolute atomic E-state index is 12.6. The smallest absolute Gasteiger partial charge is 0.395 e. The summed E-state index contributed by atoms with van der Waals surface area (Å²) in [6.07, 6.45) is -6.30. The zero-order valence-electron chi connectivity index (χ0n) is 10.00. The molecule has 102 valence electrons. The minimum atomic E-state index is -4.41. The lowest BCUT2D eigenvalue weighted by Crippen LogP contribution is -2.22. The predicted octanol–water partition coefficient (Wildman–Crippen LogP) is 2.02. The molecule has 1 rings (SSSR count). The number of aliphatic hydroxyl groups excluding tert-OH is 1. The molecular formula is C12H16F3NO2. The van der Waals surface area contributed by atoms with Gasteiger partial charge in [0.05, 0.1) is 6.61 Å². The highest BCUT2D eigenvalue weighted by molar-refractivity contribution is 5.25. The lowest BCUT2D eigenvalue weighted by atomic mass is 10.1. The van der Waals surface area contributed by atoms with Gasteiger partial charge in [0, 0.05) is 20.2 Å². The van der Waals surface area contributed by atoms with Crippen LogP contribution in [0.3, 0.4) is 0 Å². The summed E-state index contributed by atoms with van der Waals surface area (Å²) in [6.45, 7) is 0.980. The van der Waals surface area contributed by atoms with Gasteiger partial charge in [0.25, 0.3) is 0 Å². The van der Waals surface area contributed by atoms with Crippen LogP contribution in [0.4, 0.5) is 13.2 Å². The molecule has 1 aromatic carbocycles. The zero-order valence-corrected chi connectivity index (χ0v) is 10.00. The van der Waals surface area contributed by atoms with Crippen molar-refractivity contribution in [2.75, 3.05) is 20.3 Å². The van der Waals surface area contributed by atoms with Gasteiger partial charge in [-0.1, -0.05) is 24.3 Å². The number of aliphatic hydroxyl groups is 1. The van der Waals surface area contributed by atoms with Crippen molar-refractivity contribution in [3.63, 3.8) is 0 Å². The number of benzene rings is 1. The van der Waals surface area contributed by atoms with E-state index in [0.717, 1.165) is 12.7 Å². The second-order valence-electron chi connectivity index (χ2n) is 3.80. The topological polar surface area (TPSA) is 41.5 Å². The van der Waals surface area contributed by atoms with E-state index in [1.165, 1.54) is 12.1 Å². The first-order chi connectivity index (χ1) is 8.49. The molecule has 0 spiro atoms.